The van der Waals surface area contributed by atoms with E-state index in [1.165, 1.54) is 16.8 Å². The number of benzene rings is 1. The first-order valence-corrected chi connectivity index (χ1v) is 10.2. The van der Waals surface area contributed by atoms with Gasteiger partial charge in [-0.3, -0.25) is 14.4 Å². The highest BCUT2D eigenvalue weighted by molar-refractivity contribution is 6.12. The summed E-state index contributed by atoms with van der Waals surface area (Å²) in [6, 6.07) is 5.72. The summed E-state index contributed by atoms with van der Waals surface area (Å²) in [6.45, 7) is 1.89. The van der Waals surface area contributed by atoms with Crippen molar-refractivity contribution in [3.05, 3.63) is 59.3 Å². The molecule has 0 aliphatic heterocycles. The maximum absolute atomic E-state index is 14.2. The highest BCUT2D eigenvalue weighted by Gasteiger charge is 2.31. The lowest BCUT2D eigenvalue weighted by Gasteiger charge is -2.10. The number of primary amides is 1. The fraction of sp³-hybridized carbons (Fsp3) is 0.190. The van der Waals surface area contributed by atoms with Gasteiger partial charge in [-0.1, -0.05) is 12.1 Å². The van der Waals surface area contributed by atoms with Gasteiger partial charge in [0.25, 0.3) is 11.8 Å². The van der Waals surface area contributed by atoms with Gasteiger partial charge in [0.2, 0.25) is 11.9 Å². The van der Waals surface area contributed by atoms with Crippen LogP contribution in [0, 0.1) is 5.95 Å². The Bertz CT molecular complexity index is 1310. The van der Waals surface area contributed by atoms with Crippen molar-refractivity contribution in [3.8, 4) is 5.75 Å². The zero-order valence-corrected chi connectivity index (χ0v) is 18.5. The number of aryl methyl sites for hydroxylation is 1. The van der Waals surface area contributed by atoms with Crippen LogP contribution >= 0.6 is 0 Å². The lowest BCUT2D eigenvalue weighted by Crippen LogP contribution is -2.21. The Balaban J connectivity index is 1.71. The minimum atomic E-state index is -4.84. The number of alkyl halides is 3. The average molecular weight is 509 g/mol. The molecule has 2 aromatic heterocycles. The number of nitrogens with one attached hydrogen (secondary N) is 2. The van der Waals surface area contributed by atoms with Gasteiger partial charge >= 0.3 is 6.36 Å². The standard InChI is InChI=1S/C21H19F4N7O4/c1-2-32-18(26)15(19(27)34)16(31-32)20(35)30-13-8-11(9-28-17(13)22)29-14(33)7-10-3-5-12(6-4-10)36-21(23,24)25/h3-6,8-9H,2,7,26H2,1H3,(H2,27,34)(H,29,33)(H,30,35). The molecule has 11 nitrogen and oxygen atoms in total. The van der Waals surface area contributed by atoms with Gasteiger partial charge in [0, 0.05) is 6.54 Å². The molecule has 0 saturated carbocycles. The molecule has 3 rings (SSSR count). The summed E-state index contributed by atoms with van der Waals surface area (Å²) in [5, 5.41) is 8.55. The molecule has 15 heteroatoms. The number of pyridine rings is 1. The zero-order chi connectivity index (χ0) is 26.6. The van der Waals surface area contributed by atoms with Crippen LogP contribution < -0.4 is 26.8 Å². The fourth-order valence-electron chi connectivity index (χ4n) is 3.10. The molecule has 6 N–H and O–H groups in total. The smallest absolute Gasteiger partial charge is 0.406 e. The van der Waals surface area contributed by atoms with Gasteiger partial charge in [-0.2, -0.15) is 9.49 Å². The number of hydrogen-bond acceptors (Lipinski definition) is 7. The van der Waals surface area contributed by atoms with Gasteiger partial charge in [-0.15, -0.1) is 13.2 Å². The second-order valence-corrected chi connectivity index (χ2v) is 7.22. The van der Waals surface area contributed by atoms with Gasteiger partial charge in [-0.05, 0) is 30.7 Å². The number of carbonyl (C=O) groups excluding carboxylic acids is 3. The van der Waals surface area contributed by atoms with E-state index >= 15 is 0 Å². The van der Waals surface area contributed by atoms with Crippen molar-refractivity contribution in [1.29, 1.82) is 0 Å². The maximum atomic E-state index is 14.2. The number of carbonyl (C=O) groups is 3. The summed E-state index contributed by atoms with van der Waals surface area (Å²) >= 11 is 0. The van der Waals surface area contributed by atoms with Crippen LogP contribution in [0.25, 0.3) is 0 Å². The lowest BCUT2D eigenvalue weighted by molar-refractivity contribution is -0.274. The zero-order valence-electron chi connectivity index (χ0n) is 18.5. The third kappa shape index (κ3) is 6.25. The lowest BCUT2D eigenvalue weighted by atomic mass is 10.1. The first-order valence-electron chi connectivity index (χ1n) is 10.2. The molecule has 0 aliphatic carbocycles. The second-order valence-electron chi connectivity index (χ2n) is 7.22. The van der Waals surface area contributed by atoms with E-state index in [0.717, 1.165) is 24.4 Å². The second kappa shape index (κ2) is 10.3. The summed E-state index contributed by atoms with van der Waals surface area (Å²) in [5.41, 5.74) is 10.2. The highest BCUT2D eigenvalue weighted by Crippen LogP contribution is 2.24. The van der Waals surface area contributed by atoms with Gasteiger partial charge in [0.15, 0.2) is 5.69 Å². The Hall–Kier alpha value is -4.69. The Morgan fingerprint density at radius 1 is 1.14 bits per heavy atom. The summed E-state index contributed by atoms with van der Waals surface area (Å²) in [5.74, 6) is -4.27. The highest BCUT2D eigenvalue weighted by atomic mass is 19.4. The normalized spacial score (nSPS) is 11.1. The van der Waals surface area contributed by atoms with E-state index in [9.17, 15) is 31.9 Å². The molecule has 190 valence electrons. The number of ether oxygens (including phenoxy) is 1. The molecule has 0 aliphatic rings. The van der Waals surface area contributed by atoms with Gasteiger partial charge in [-0.25, -0.2) is 9.67 Å². The Morgan fingerprint density at radius 3 is 2.39 bits per heavy atom. The van der Waals surface area contributed by atoms with Crippen LogP contribution in [0.4, 0.5) is 34.8 Å². The molecular weight excluding hydrogens is 490 g/mol. The number of nitrogens with zero attached hydrogens (tertiary/aromatic N) is 3. The monoisotopic (exact) mass is 509 g/mol. The van der Waals surface area contributed by atoms with E-state index in [4.69, 9.17) is 11.5 Å². The molecule has 0 fully saturated rings. The molecule has 1 aromatic carbocycles. The first kappa shape index (κ1) is 25.9. The van der Waals surface area contributed by atoms with Crippen LogP contribution in [0.3, 0.4) is 0 Å². The number of aromatic nitrogens is 3. The number of nitrogen functional groups attached to an aromatic ring is 1. The Morgan fingerprint density at radius 2 is 1.81 bits per heavy atom. The molecule has 0 saturated heterocycles. The number of anilines is 3. The molecule has 0 radical (unpaired) electrons. The van der Waals surface area contributed by atoms with E-state index in [-0.39, 0.29) is 30.0 Å². The summed E-state index contributed by atoms with van der Waals surface area (Å²) in [6.07, 6.45) is -4.09. The average Bonchev–Trinajstić information content (AvgIpc) is 3.13. The molecule has 3 amide bonds. The van der Waals surface area contributed by atoms with E-state index in [1.54, 1.807) is 6.92 Å². The maximum Gasteiger partial charge on any atom is 0.573 e. The molecule has 2 heterocycles. The third-order valence-corrected chi connectivity index (χ3v) is 4.65. The number of hydrogen-bond donors (Lipinski definition) is 4. The van der Waals surface area contributed by atoms with E-state index in [0.29, 0.717) is 5.56 Å². The summed E-state index contributed by atoms with van der Waals surface area (Å²) in [4.78, 5) is 40.2. The van der Waals surface area contributed by atoms with Crippen molar-refractivity contribution in [2.75, 3.05) is 16.4 Å². The van der Waals surface area contributed by atoms with E-state index in [2.05, 4.69) is 25.5 Å². The minimum Gasteiger partial charge on any atom is -0.406 e. The Kier molecular flexibility index (Phi) is 7.41. The minimum absolute atomic E-state index is 0.00227. The van der Waals surface area contributed by atoms with Gasteiger partial charge in [0.1, 0.15) is 17.1 Å². The molecule has 0 bridgehead atoms. The van der Waals surface area contributed by atoms with Crippen molar-refractivity contribution in [3.63, 3.8) is 0 Å². The number of nitrogens with two attached hydrogens (primary N) is 2. The topological polar surface area (TPSA) is 167 Å². The number of amides is 3. The first-order chi connectivity index (χ1) is 16.9. The van der Waals surface area contributed by atoms with Crippen molar-refractivity contribution in [2.24, 2.45) is 5.73 Å². The van der Waals surface area contributed by atoms with Crippen LogP contribution in [0.5, 0.6) is 5.75 Å². The van der Waals surface area contributed by atoms with Crippen LogP contribution in [0.2, 0.25) is 0 Å². The SMILES string of the molecule is CCn1nc(C(=O)Nc2cc(NC(=O)Cc3ccc(OC(F)(F)F)cc3)cnc2F)c(C(N)=O)c1N. The molecule has 3 aromatic rings. The quantitative estimate of drug-likeness (QED) is 0.267. The summed E-state index contributed by atoms with van der Waals surface area (Å²) in [7, 11) is 0. The van der Waals surface area contributed by atoms with E-state index in [1.807, 2.05) is 0 Å². The van der Waals surface area contributed by atoms with Crippen molar-refractivity contribution >= 4 is 34.9 Å². The van der Waals surface area contributed by atoms with Gasteiger partial charge < -0.3 is 26.8 Å². The molecule has 0 spiro atoms. The molecule has 0 unspecified atom stereocenters. The van der Waals surface area contributed by atoms with Crippen LogP contribution in [0.15, 0.2) is 36.5 Å². The number of rotatable bonds is 8. The van der Waals surface area contributed by atoms with Gasteiger partial charge in [0.05, 0.1) is 24.0 Å². The Labute approximate surface area is 200 Å². The predicted molar refractivity (Wildman–Crippen MR) is 118 cm³/mol. The largest absolute Gasteiger partial charge is 0.573 e. The predicted octanol–water partition coefficient (Wildman–Crippen LogP) is 2.45. The van der Waals surface area contributed by atoms with Crippen LogP contribution in [-0.4, -0.2) is 38.8 Å². The molecule has 36 heavy (non-hydrogen) atoms. The molecular formula is C21H19F4N7O4. The number of halogens is 4. The van der Waals surface area contributed by atoms with E-state index < -0.39 is 47.2 Å². The van der Waals surface area contributed by atoms with Crippen molar-refractivity contribution in [1.82, 2.24) is 14.8 Å². The van der Waals surface area contributed by atoms with Crippen LogP contribution in [0.1, 0.15) is 33.3 Å². The fourth-order valence-corrected chi connectivity index (χ4v) is 3.10. The van der Waals surface area contributed by atoms with Crippen molar-refractivity contribution in [2.45, 2.75) is 26.3 Å². The molecule has 0 atom stereocenters. The summed E-state index contributed by atoms with van der Waals surface area (Å²) < 4.78 is 55.9. The third-order valence-electron chi connectivity index (χ3n) is 4.65. The van der Waals surface area contributed by atoms with Crippen molar-refractivity contribution < 1.29 is 36.7 Å². The van der Waals surface area contributed by atoms with Crippen LogP contribution in [-0.2, 0) is 17.8 Å².